The van der Waals surface area contributed by atoms with Gasteiger partial charge in [0.15, 0.2) is 0 Å². The number of aromatic nitrogens is 1. The summed E-state index contributed by atoms with van der Waals surface area (Å²) in [5.74, 6) is 0.815. The van der Waals surface area contributed by atoms with Crippen molar-refractivity contribution in [3.63, 3.8) is 0 Å². The van der Waals surface area contributed by atoms with E-state index in [1.165, 1.54) is 4.90 Å². The topological polar surface area (TPSA) is 50.9 Å². The number of nitrogens with one attached hydrogen (secondary N) is 1. The Balaban J connectivity index is 2.22. The van der Waals surface area contributed by atoms with Crippen molar-refractivity contribution in [3.8, 4) is 0 Å². The summed E-state index contributed by atoms with van der Waals surface area (Å²) in [6, 6.07) is 10.2. The first-order valence-electron chi connectivity index (χ1n) is 5.32. The van der Waals surface area contributed by atoms with E-state index in [1.807, 2.05) is 25.1 Å². The quantitative estimate of drug-likeness (QED) is 0.813. The first kappa shape index (κ1) is 11.8. The van der Waals surface area contributed by atoms with Crippen molar-refractivity contribution >= 4 is 29.0 Å². The van der Waals surface area contributed by atoms with Gasteiger partial charge in [-0.15, -0.1) is 11.8 Å². The van der Waals surface area contributed by atoms with Crippen LogP contribution in [0.15, 0.2) is 41.4 Å². The molecule has 0 saturated carbocycles. The van der Waals surface area contributed by atoms with Crippen molar-refractivity contribution in [1.82, 2.24) is 4.98 Å². The molecule has 0 amide bonds. The minimum absolute atomic E-state index is 0.716. The molecule has 4 heteroatoms. The molecule has 2 rings (SSSR count). The Morgan fingerprint density at radius 1 is 1.29 bits per heavy atom. The number of thioether (sulfide) groups is 1. The second-order valence-electron chi connectivity index (χ2n) is 3.78. The lowest BCUT2D eigenvalue weighted by molar-refractivity contribution is 1.27. The van der Waals surface area contributed by atoms with Gasteiger partial charge < -0.3 is 11.1 Å². The first-order valence-corrected chi connectivity index (χ1v) is 6.54. The van der Waals surface area contributed by atoms with Crippen molar-refractivity contribution in [2.45, 2.75) is 11.8 Å². The molecule has 1 aromatic heterocycles. The number of pyridine rings is 1. The van der Waals surface area contributed by atoms with Crippen molar-refractivity contribution in [1.29, 1.82) is 0 Å². The number of hydrogen-bond donors (Lipinski definition) is 2. The molecule has 0 radical (unpaired) electrons. The number of benzene rings is 1. The molecule has 0 aliphatic heterocycles. The van der Waals surface area contributed by atoms with E-state index in [2.05, 4.69) is 28.7 Å². The Labute approximate surface area is 105 Å². The van der Waals surface area contributed by atoms with Gasteiger partial charge in [0, 0.05) is 10.6 Å². The van der Waals surface area contributed by atoms with Gasteiger partial charge in [-0.3, -0.25) is 0 Å². The standard InChI is InChI=1S/C13H15N3S/c1-9-6-13(15-8-12(9)14)16-10-4-3-5-11(7-10)17-2/h3-8H,14H2,1-2H3,(H,15,16). The van der Waals surface area contributed by atoms with Gasteiger partial charge in [-0.05, 0) is 43.0 Å². The van der Waals surface area contributed by atoms with Crippen LogP contribution in [-0.2, 0) is 0 Å². The van der Waals surface area contributed by atoms with Crippen molar-refractivity contribution < 1.29 is 0 Å². The third-order valence-electron chi connectivity index (χ3n) is 2.49. The number of rotatable bonds is 3. The maximum atomic E-state index is 5.73. The zero-order valence-corrected chi connectivity index (χ0v) is 10.7. The van der Waals surface area contributed by atoms with Crippen molar-refractivity contribution in [2.24, 2.45) is 0 Å². The molecule has 0 saturated heterocycles. The van der Waals surface area contributed by atoms with E-state index in [9.17, 15) is 0 Å². The second kappa shape index (κ2) is 5.10. The first-order chi connectivity index (χ1) is 8.19. The number of nitrogens with zero attached hydrogens (tertiary/aromatic N) is 1. The normalized spacial score (nSPS) is 10.2. The van der Waals surface area contributed by atoms with Crippen LogP contribution in [0.1, 0.15) is 5.56 Å². The summed E-state index contributed by atoms with van der Waals surface area (Å²) >= 11 is 1.72. The molecule has 0 atom stereocenters. The van der Waals surface area contributed by atoms with Crippen LogP contribution < -0.4 is 11.1 Å². The highest BCUT2D eigenvalue weighted by Crippen LogP contribution is 2.22. The Kier molecular flexibility index (Phi) is 3.54. The Morgan fingerprint density at radius 3 is 2.82 bits per heavy atom. The van der Waals surface area contributed by atoms with Gasteiger partial charge in [-0.25, -0.2) is 4.98 Å². The van der Waals surface area contributed by atoms with Crippen LogP contribution in [0, 0.1) is 6.92 Å². The summed E-state index contributed by atoms with van der Waals surface area (Å²) in [6.07, 6.45) is 3.74. The van der Waals surface area contributed by atoms with Crippen LogP contribution in [0.5, 0.6) is 0 Å². The summed E-state index contributed by atoms with van der Waals surface area (Å²) in [5, 5.41) is 3.27. The van der Waals surface area contributed by atoms with Crippen molar-refractivity contribution in [2.75, 3.05) is 17.3 Å². The average Bonchev–Trinajstić information content (AvgIpc) is 2.34. The SMILES string of the molecule is CSc1cccc(Nc2cc(C)c(N)cn2)c1. The van der Waals surface area contributed by atoms with E-state index >= 15 is 0 Å². The maximum Gasteiger partial charge on any atom is 0.130 e. The van der Waals surface area contributed by atoms with Gasteiger partial charge in [0.2, 0.25) is 0 Å². The zero-order chi connectivity index (χ0) is 12.3. The summed E-state index contributed by atoms with van der Waals surface area (Å²) in [7, 11) is 0. The average molecular weight is 245 g/mol. The molecule has 2 aromatic rings. The Morgan fingerprint density at radius 2 is 2.12 bits per heavy atom. The van der Waals surface area contributed by atoms with Gasteiger partial charge in [0.25, 0.3) is 0 Å². The van der Waals surface area contributed by atoms with Crippen LogP contribution in [0.25, 0.3) is 0 Å². The number of aryl methyl sites for hydroxylation is 1. The smallest absolute Gasteiger partial charge is 0.130 e. The number of anilines is 3. The third kappa shape index (κ3) is 2.91. The lowest BCUT2D eigenvalue weighted by Crippen LogP contribution is -1.97. The Hall–Kier alpha value is -1.68. The second-order valence-corrected chi connectivity index (χ2v) is 4.66. The molecule has 1 aromatic carbocycles. The van der Waals surface area contributed by atoms with Gasteiger partial charge in [0.05, 0.1) is 11.9 Å². The monoisotopic (exact) mass is 245 g/mol. The highest BCUT2D eigenvalue weighted by atomic mass is 32.2. The summed E-state index contributed by atoms with van der Waals surface area (Å²) in [6.45, 7) is 1.97. The molecule has 0 fully saturated rings. The molecular weight excluding hydrogens is 230 g/mol. The summed E-state index contributed by atoms with van der Waals surface area (Å²) < 4.78 is 0. The van der Waals surface area contributed by atoms with E-state index in [4.69, 9.17) is 5.73 Å². The predicted molar refractivity (Wildman–Crippen MR) is 74.9 cm³/mol. The van der Waals surface area contributed by atoms with E-state index < -0.39 is 0 Å². The third-order valence-corrected chi connectivity index (χ3v) is 3.22. The highest BCUT2D eigenvalue weighted by molar-refractivity contribution is 7.98. The van der Waals surface area contributed by atoms with E-state index in [0.29, 0.717) is 5.69 Å². The van der Waals surface area contributed by atoms with Gasteiger partial charge >= 0.3 is 0 Å². The molecule has 3 nitrogen and oxygen atoms in total. The van der Waals surface area contributed by atoms with Crippen LogP contribution >= 0.6 is 11.8 Å². The van der Waals surface area contributed by atoms with Crippen LogP contribution in [0.4, 0.5) is 17.2 Å². The van der Waals surface area contributed by atoms with Gasteiger partial charge in [0.1, 0.15) is 5.82 Å². The van der Waals surface area contributed by atoms with Gasteiger partial charge in [-0.1, -0.05) is 6.07 Å². The van der Waals surface area contributed by atoms with Crippen LogP contribution in [-0.4, -0.2) is 11.2 Å². The molecule has 17 heavy (non-hydrogen) atoms. The number of nitrogen functional groups attached to an aromatic ring is 1. The lowest BCUT2D eigenvalue weighted by Gasteiger charge is -2.08. The summed E-state index contributed by atoms with van der Waals surface area (Å²) in [4.78, 5) is 5.47. The largest absolute Gasteiger partial charge is 0.397 e. The fourth-order valence-electron chi connectivity index (χ4n) is 1.48. The predicted octanol–water partition coefficient (Wildman–Crippen LogP) is 3.44. The minimum atomic E-state index is 0.716. The molecule has 3 N–H and O–H groups in total. The zero-order valence-electron chi connectivity index (χ0n) is 9.90. The van der Waals surface area contributed by atoms with Crippen LogP contribution in [0.2, 0.25) is 0 Å². The van der Waals surface area contributed by atoms with E-state index in [-0.39, 0.29) is 0 Å². The molecule has 0 spiro atoms. The molecule has 0 aliphatic rings. The number of nitrogens with two attached hydrogens (primary N) is 1. The fourth-order valence-corrected chi connectivity index (χ4v) is 1.94. The maximum absolute atomic E-state index is 5.73. The Bertz CT molecular complexity index is 526. The number of hydrogen-bond acceptors (Lipinski definition) is 4. The fraction of sp³-hybridized carbons (Fsp3) is 0.154. The molecule has 88 valence electrons. The highest BCUT2D eigenvalue weighted by Gasteiger charge is 2.00. The van der Waals surface area contributed by atoms with Crippen LogP contribution in [0.3, 0.4) is 0 Å². The molecule has 1 heterocycles. The molecule has 0 bridgehead atoms. The molecule has 0 unspecified atom stereocenters. The lowest BCUT2D eigenvalue weighted by atomic mass is 10.2. The van der Waals surface area contributed by atoms with Gasteiger partial charge in [-0.2, -0.15) is 0 Å². The van der Waals surface area contributed by atoms with E-state index in [0.717, 1.165) is 17.1 Å². The molecule has 0 aliphatic carbocycles. The van der Waals surface area contributed by atoms with E-state index in [1.54, 1.807) is 18.0 Å². The molecular formula is C13H15N3S. The summed E-state index contributed by atoms with van der Waals surface area (Å²) in [5.41, 5.74) is 8.52. The van der Waals surface area contributed by atoms with Crippen molar-refractivity contribution in [3.05, 3.63) is 42.1 Å². The minimum Gasteiger partial charge on any atom is -0.397 e.